The normalized spacial score (nSPS) is 15.6. The van der Waals surface area contributed by atoms with Crippen LogP contribution in [0.15, 0.2) is 353 Å². The van der Waals surface area contributed by atoms with Gasteiger partial charge < -0.3 is 13.3 Å². The van der Waals surface area contributed by atoms with Crippen molar-refractivity contribution in [2.45, 2.75) is 23.7 Å². The van der Waals surface area contributed by atoms with E-state index in [4.69, 9.17) is 33.2 Å². The molecule has 6 aliphatic rings. The van der Waals surface area contributed by atoms with Gasteiger partial charge >= 0.3 is 0 Å². The van der Waals surface area contributed by atoms with Crippen molar-refractivity contribution in [1.82, 2.24) is 29.1 Å². The molecule has 15 aromatic carbocycles. The van der Waals surface area contributed by atoms with E-state index in [0.29, 0.717) is 11.6 Å². The van der Waals surface area contributed by atoms with Crippen LogP contribution < -0.4 is 0 Å². The molecule has 0 aliphatic heterocycles. The molecule has 0 atom stereocenters. The van der Waals surface area contributed by atoms with Crippen molar-refractivity contribution in [3.8, 4) is 56.9 Å². The van der Waals surface area contributed by atoms with E-state index in [9.17, 15) is 0 Å². The number of fused-ring (bicyclic) bond motifs is 15. The molecule has 22 aromatic rings. The Balaban J connectivity index is 0.000000127. The predicted molar refractivity (Wildman–Crippen MR) is 446 cm³/mol. The Morgan fingerprint density at radius 1 is 0.216 bits per heavy atom. The summed E-state index contributed by atoms with van der Waals surface area (Å²) in [5, 5.41) is 11.4. The minimum Gasteiger partial charge on any atom is -0.456 e. The second kappa shape index (κ2) is 23.0. The highest BCUT2D eigenvalue weighted by atomic mass is 16.3. The van der Waals surface area contributed by atoms with Crippen LogP contribution in [0.1, 0.15) is 90.4 Å². The molecular weight excluding hydrogens is 1360 g/mol. The van der Waals surface area contributed by atoms with Gasteiger partial charge in [0, 0.05) is 112 Å². The minimum atomic E-state index is 0.126. The number of benzene rings is 15. The van der Waals surface area contributed by atoms with Crippen LogP contribution in [0.3, 0.4) is 0 Å². The number of hydrogen-bond acceptors (Lipinski definition) is 7. The smallest absolute Gasteiger partial charge is 0.162 e. The SMILES string of the molecule is c1ccc(-c2nc(-c3ccc4oc5ccccc5c4c3)cc(-n3c4ccccc4c4c5c(ccc43)C3c4ccccc4C5c4ccccc43)n2)cc1.c1ccc2c(c1)C1c3ccccc3C2c2c1ccc1c2c2ccccc2n1-c1cc(-c2cccc3oc4ccccc4c23)nc(-c2cccc3oc4ccccc4c23)n1. The first kappa shape index (κ1) is 60.6. The van der Waals surface area contributed by atoms with E-state index in [1.54, 1.807) is 0 Å². The molecule has 0 saturated carbocycles. The van der Waals surface area contributed by atoms with Gasteiger partial charge in [-0.1, -0.05) is 255 Å². The number of para-hydroxylation sites is 5. The zero-order valence-electron chi connectivity index (χ0n) is 59.5. The Hall–Kier alpha value is -14.5. The summed E-state index contributed by atoms with van der Waals surface area (Å²) in [5.74, 6) is 3.64. The summed E-state index contributed by atoms with van der Waals surface area (Å²) >= 11 is 0. The van der Waals surface area contributed by atoms with Crippen LogP contribution in [-0.4, -0.2) is 29.1 Å². The Morgan fingerprint density at radius 2 is 0.604 bits per heavy atom. The second-order valence-corrected chi connectivity index (χ2v) is 30.0. The lowest BCUT2D eigenvalue weighted by atomic mass is 9.60. The summed E-state index contributed by atoms with van der Waals surface area (Å²) < 4.78 is 23.7. The Kier molecular flexibility index (Phi) is 12.5. The number of rotatable bonds is 6. The van der Waals surface area contributed by atoms with E-state index in [1.165, 1.54) is 88.3 Å². The highest BCUT2D eigenvalue weighted by molar-refractivity contribution is 6.17. The van der Waals surface area contributed by atoms with E-state index >= 15 is 0 Å². The van der Waals surface area contributed by atoms with Gasteiger partial charge in [0.15, 0.2) is 11.6 Å². The van der Waals surface area contributed by atoms with Crippen molar-refractivity contribution in [3.05, 3.63) is 406 Å². The van der Waals surface area contributed by atoms with Crippen LogP contribution >= 0.6 is 0 Å². The lowest BCUT2D eigenvalue weighted by Crippen LogP contribution is -2.27. The molecule has 0 spiro atoms. The van der Waals surface area contributed by atoms with Gasteiger partial charge in [-0.3, -0.25) is 9.13 Å². The average Bonchev–Trinajstić information content (AvgIpc) is 1.66. The van der Waals surface area contributed by atoms with Crippen LogP contribution in [0.2, 0.25) is 0 Å². The summed E-state index contributed by atoms with van der Waals surface area (Å²) in [7, 11) is 0. The van der Waals surface area contributed by atoms with Gasteiger partial charge in [0.2, 0.25) is 0 Å². The van der Waals surface area contributed by atoms with Crippen molar-refractivity contribution < 1.29 is 13.3 Å². The van der Waals surface area contributed by atoms with Crippen molar-refractivity contribution in [2.75, 3.05) is 0 Å². The van der Waals surface area contributed by atoms with Crippen LogP contribution in [0.5, 0.6) is 0 Å². The third kappa shape index (κ3) is 8.60. The van der Waals surface area contributed by atoms with E-state index in [2.05, 4.69) is 276 Å². The molecular formula is C102H60N6O3. The molecule has 28 rings (SSSR count). The quantitative estimate of drug-likeness (QED) is 0.163. The van der Waals surface area contributed by atoms with E-state index in [0.717, 1.165) is 133 Å². The van der Waals surface area contributed by atoms with Crippen LogP contribution in [0.4, 0.5) is 0 Å². The molecule has 111 heavy (non-hydrogen) atoms. The van der Waals surface area contributed by atoms with Gasteiger partial charge in [-0.15, -0.1) is 0 Å². The first-order valence-electron chi connectivity index (χ1n) is 38.1. The molecule has 0 saturated heterocycles. The van der Waals surface area contributed by atoms with Crippen molar-refractivity contribution in [2.24, 2.45) is 0 Å². The largest absolute Gasteiger partial charge is 0.456 e. The van der Waals surface area contributed by atoms with Gasteiger partial charge in [0.25, 0.3) is 0 Å². The monoisotopic (exact) mass is 1420 g/mol. The fourth-order valence-corrected chi connectivity index (χ4v) is 20.0. The molecule has 7 aromatic heterocycles. The first-order valence-corrected chi connectivity index (χ1v) is 38.1. The third-order valence-electron chi connectivity index (χ3n) is 24.4. The molecule has 9 nitrogen and oxygen atoms in total. The Bertz CT molecular complexity index is 7550. The summed E-state index contributed by atoms with van der Waals surface area (Å²) in [4.78, 5) is 21.6. The topological polar surface area (TPSA) is 101 Å². The van der Waals surface area contributed by atoms with Crippen LogP contribution in [-0.2, 0) is 0 Å². The maximum Gasteiger partial charge on any atom is 0.162 e. The van der Waals surface area contributed by atoms with Gasteiger partial charge in [-0.05, 0) is 140 Å². The maximum absolute atomic E-state index is 6.41. The molecule has 4 bridgehead atoms. The molecule has 0 fully saturated rings. The van der Waals surface area contributed by atoms with E-state index in [-0.39, 0.29) is 23.7 Å². The molecule has 0 amide bonds. The van der Waals surface area contributed by atoms with Crippen molar-refractivity contribution in [1.29, 1.82) is 0 Å². The van der Waals surface area contributed by atoms with Crippen molar-refractivity contribution in [3.63, 3.8) is 0 Å². The minimum absolute atomic E-state index is 0.126. The highest BCUT2D eigenvalue weighted by Crippen LogP contribution is 2.61. The first-order chi connectivity index (χ1) is 55.1. The molecule has 516 valence electrons. The predicted octanol–water partition coefficient (Wildman–Crippen LogP) is 25.5. The average molecular weight is 1420 g/mol. The molecule has 6 aliphatic carbocycles. The molecule has 0 unspecified atom stereocenters. The van der Waals surface area contributed by atoms with Gasteiger partial charge in [0.05, 0.1) is 33.5 Å². The summed E-state index contributed by atoms with van der Waals surface area (Å²) in [6.07, 6.45) is 0. The van der Waals surface area contributed by atoms with Crippen molar-refractivity contribution >= 4 is 109 Å². The summed E-state index contributed by atoms with van der Waals surface area (Å²) in [5.41, 5.74) is 32.1. The van der Waals surface area contributed by atoms with E-state index in [1.807, 2.05) is 72.8 Å². The highest BCUT2D eigenvalue weighted by Gasteiger charge is 2.45. The van der Waals surface area contributed by atoms with Gasteiger partial charge in [0.1, 0.15) is 45.1 Å². The lowest BCUT2D eigenvalue weighted by molar-refractivity contribution is 0.668. The molecule has 0 radical (unpaired) electrons. The van der Waals surface area contributed by atoms with E-state index < -0.39 is 0 Å². The maximum atomic E-state index is 6.41. The van der Waals surface area contributed by atoms with Crippen LogP contribution in [0, 0.1) is 0 Å². The zero-order chi connectivity index (χ0) is 72.3. The van der Waals surface area contributed by atoms with Crippen LogP contribution in [0.25, 0.3) is 166 Å². The second-order valence-electron chi connectivity index (χ2n) is 30.0. The Labute approximate surface area is 634 Å². The van der Waals surface area contributed by atoms with Gasteiger partial charge in [-0.2, -0.15) is 0 Å². The number of aromatic nitrogens is 6. The fraction of sp³-hybridized carbons (Fsp3) is 0.0392. The number of nitrogens with zero attached hydrogens (tertiary/aromatic N) is 6. The molecule has 7 heterocycles. The molecule has 9 heteroatoms. The molecule has 0 N–H and O–H groups in total. The Morgan fingerprint density at radius 3 is 1.14 bits per heavy atom. The number of hydrogen-bond donors (Lipinski definition) is 0. The van der Waals surface area contributed by atoms with Gasteiger partial charge in [-0.25, -0.2) is 19.9 Å². The summed E-state index contributed by atoms with van der Waals surface area (Å²) in [6.45, 7) is 0. The third-order valence-corrected chi connectivity index (χ3v) is 24.4. The standard InChI is InChI=1S/C54H31N3O2.C48H29N3O/c1-3-15-32-30(13-1)48-31-14-2-4-16-33(31)51(32)53-38(48)27-28-42-52(53)35-17-5-8-22-41(35)57(42)47-29-40(34-20-11-25-45-49(34)36-18-6-9-23-43(36)58-45)55-54(56-47)39-21-12-26-46-50(39)37-19-7-10-24-44(37)59-46;1-2-12-28(13-3-1)48-49-38(29-22-25-42-37(26-29)30-14-9-11-21-41(30)52-42)27-43(50-48)51-39-20-10-8-19-35(39)46-40(51)24-23-36-44-31-15-4-6-17-33(31)45(47(36)46)34-18-7-5-16-32(34)44/h1-29,48,51H;1-27,44-45H. The zero-order valence-corrected chi connectivity index (χ0v) is 59.5. The fourth-order valence-electron chi connectivity index (χ4n) is 20.0. The number of furan rings is 3. The summed E-state index contributed by atoms with van der Waals surface area (Å²) in [6, 6.07) is 121. The lowest BCUT2D eigenvalue weighted by Gasteiger charge is -2.42.